The van der Waals surface area contributed by atoms with Crippen LogP contribution in [0, 0.1) is 5.92 Å². The van der Waals surface area contributed by atoms with Gasteiger partial charge in [-0.3, -0.25) is 4.79 Å². The molecule has 3 N–H and O–H groups in total. The summed E-state index contributed by atoms with van der Waals surface area (Å²) in [7, 11) is 0. The number of carbonyl (C=O) groups is 1. The molecule has 1 aliphatic rings. The predicted molar refractivity (Wildman–Crippen MR) is 46.4 cm³/mol. The molecule has 3 nitrogen and oxygen atoms in total. The molecule has 0 aliphatic heterocycles. The van der Waals surface area contributed by atoms with Gasteiger partial charge >= 0.3 is 0 Å². The molecule has 0 spiro atoms. The second kappa shape index (κ2) is 4.45. The van der Waals surface area contributed by atoms with Gasteiger partial charge in [-0.05, 0) is 12.8 Å². The van der Waals surface area contributed by atoms with Gasteiger partial charge in [-0.15, -0.1) is 0 Å². The summed E-state index contributed by atoms with van der Waals surface area (Å²) in [5.74, 6) is -0.644. The van der Waals surface area contributed by atoms with E-state index in [0.717, 1.165) is 32.1 Å². The molecule has 0 bridgehead atoms. The van der Waals surface area contributed by atoms with E-state index in [1.54, 1.807) is 0 Å². The Morgan fingerprint density at radius 1 is 1.17 bits per heavy atom. The molecule has 0 aromatic carbocycles. The van der Waals surface area contributed by atoms with E-state index in [0.29, 0.717) is 0 Å². The lowest BCUT2D eigenvalue weighted by Crippen LogP contribution is -2.34. The van der Waals surface area contributed by atoms with E-state index in [9.17, 15) is 9.90 Å². The first-order valence-electron chi connectivity index (χ1n) is 4.69. The predicted octanol–water partition coefficient (Wildman–Crippen LogP) is 0.803. The van der Waals surface area contributed by atoms with Gasteiger partial charge in [-0.25, -0.2) is 0 Å². The molecule has 0 saturated heterocycles. The summed E-state index contributed by atoms with van der Waals surface area (Å²) in [6.45, 7) is 0. The van der Waals surface area contributed by atoms with Crippen LogP contribution in [-0.4, -0.2) is 17.1 Å². The van der Waals surface area contributed by atoms with Crippen LogP contribution in [0.25, 0.3) is 0 Å². The second-order valence-corrected chi connectivity index (χ2v) is 3.57. The third-order valence-corrected chi connectivity index (χ3v) is 2.59. The quantitative estimate of drug-likeness (QED) is 0.613. The molecule has 1 fully saturated rings. The third-order valence-electron chi connectivity index (χ3n) is 2.59. The van der Waals surface area contributed by atoms with Gasteiger partial charge in [0.05, 0.1) is 12.0 Å². The van der Waals surface area contributed by atoms with Crippen LogP contribution in [0.3, 0.4) is 0 Å². The topological polar surface area (TPSA) is 63.3 Å². The van der Waals surface area contributed by atoms with E-state index in [4.69, 9.17) is 5.73 Å². The first-order chi connectivity index (χ1) is 5.72. The summed E-state index contributed by atoms with van der Waals surface area (Å²) in [6, 6.07) is 0. The SMILES string of the molecule is NC(=O)C1CCCCCCC1O. The van der Waals surface area contributed by atoms with Gasteiger partial charge in [0.15, 0.2) is 0 Å². The lowest BCUT2D eigenvalue weighted by atomic mass is 9.88. The monoisotopic (exact) mass is 171 g/mol. The average molecular weight is 171 g/mol. The fraction of sp³-hybridized carbons (Fsp3) is 0.889. The second-order valence-electron chi connectivity index (χ2n) is 3.57. The maximum atomic E-state index is 10.9. The molecular weight excluding hydrogens is 154 g/mol. The molecule has 12 heavy (non-hydrogen) atoms. The van der Waals surface area contributed by atoms with E-state index in [1.165, 1.54) is 6.42 Å². The lowest BCUT2D eigenvalue weighted by molar-refractivity contribution is -0.126. The van der Waals surface area contributed by atoms with Crippen molar-refractivity contribution in [1.29, 1.82) is 0 Å². The van der Waals surface area contributed by atoms with Crippen LogP contribution in [0.15, 0.2) is 0 Å². The summed E-state index contributed by atoms with van der Waals surface area (Å²) in [5, 5.41) is 9.54. The standard InChI is InChI=1S/C9H17NO2/c10-9(12)7-5-3-1-2-4-6-8(7)11/h7-8,11H,1-6H2,(H2,10,12). The highest BCUT2D eigenvalue weighted by Gasteiger charge is 2.24. The molecule has 0 aromatic rings. The van der Waals surface area contributed by atoms with Crippen LogP contribution in [-0.2, 0) is 4.79 Å². The average Bonchev–Trinajstić information content (AvgIpc) is 1.96. The van der Waals surface area contributed by atoms with E-state index < -0.39 is 6.10 Å². The first kappa shape index (κ1) is 9.52. The van der Waals surface area contributed by atoms with Gasteiger partial charge < -0.3 is 10.8 Å². The number of hydrogen-bond donors (Lipinski definition) is 2. The first-order valence-corrected chi connectivity index (χ1v) is 4.69. The molecular formula is C9H17NO2. The molecule has 70 valence electrons. The Balaban J connectivity index is 2.48. The van der Waals surface area contributed by atoms with Crippen molar-refractivity contribution in [3.8, 4) is 0 Å². The Kier molecular flexibility index (Phi) is 3.53. The van der Waals surface area contributed by atoms with Gasteiger partial charge in [-0.2, -0.15) is 0 Å². The van der Waals surface area contributed by atoms with Gasteiger partial charge in [0.2, 0.25) is 5.91 Å². The molecule has 1 amide bonds. The fourth-order valence-electron chi connectivity index (χ4n) is 1.80. The third kappa shape index (κ3) is 2.48. The van der Waals surface area contributed by atoms with Gasteiger partial charge in [0.25, 0.3) is 0 Å². The molecule has 1 aliphatic carbocycles. The van der Waals surface area contributed by atoms with E-state index in [-0.39, 0.29) is 11.8 Å². The van der Waals surface area contributed by atoms with Crippen LogP contribution >= 0.6 is 0 Å². The van der Waals surface area contributed by atoms with Crippen molar-refractivity contribution in [2.75, 3.05) is 0 Å². The van der Waals surface area contributed by atoms with Crippen molar-refractivity contribution in [2.45, 2.75) is 44.6 Å². The molecule has 0 heterocycles. The van der Waals surface area contributed by atoms with Crippen molar-refractivity contribution in [2.24, 2.45) is 11.7 Å². The molecule has 0 aromatic heterocycles. The van der Waals surface area contributed by atoms with Gasteiger partial charge in [0.1, 0.15) is 0 Å². The Labute approximate surface area is 72.9 Å². The number of aliphatic hydroxyl groups is 1. The van der Waals surface area contributed by atoms with Crippen LogP contribution in [0.1, 0.15) is 38.5 Å². The Bertz CT molecular complexity index is 159. The summed E-state index contributed by atoms with van der Waals surface area (Å²) in [4.78, 5) is 10.9. The van der Waals surface area contributed by atoms with Gasteiger partial charge in [-0.1, -0.05) is 25.7 Å². The largest absolute Gasteiger partial charge is 0.392 e. The van der Waals surface area contributed by atoms with Crippen LogP contribution in [0.5, 0.6) is 0 Å². The van der Waals surface area contributed by atoms with E-state index in [2.05, 4.69) is 0 Å². The zero-order valence-corrected chi connectivity index (χ0v) is 7.33. The number of amides is 1. The van der Waals surface area contributed by atoms with Crippen molar-refractivity contribution in [1.82, 2.24) is 0 Å². The number of nitrogens with two attached hydrogens (primary N) is 1. The number of rotatable bonds is 1. The molecule has 3 heteroatoms. The number of aliphatic hydroxyl groups excluding tert-OH is 1. The molecule has 2 unspecified atom stereocenters. The lowest BCUT2D eigenvalue weighted by Gasteiger charge is -2.22. The summed E-state index contributed by atoms with van der Waals surface area (Å²) in [6.07, 6.45) is 5.36. The number of carbonyl (C=O) groups excluding carboxylic acids is 1. The highest BCUT2D eigenvalue weighted by Crippen LogP contribution is 2.22. The Morgan fingerprint density at radius 2 is 1.75 bits per heavy atom. The highest BCUT2D eigenvalue weighted by atomic mass is 16.3. The van der Waals surface area contributed by atoms with Crippen LogP contribution < -0.4 is 5.73 Å². The van der Waals surface area contributed by atoms with Crippen LogP contribution in [0.2, 0.25) is 0 Å². The Morgan fingerprint density at radius 3 is 2.33 bits per heavy atom. The molecule has 1 rings (SSSR count). The molecule has 0 radical (unpaired) electrons. The van der Waals surface area contributed by atoms with Gasteiger partial charge in [0, 0.05) is 0 Å². The minimum Gasteiger partial charge on any atom is -0.392 e. The summed E-state index contributed by atoms with van der Waals surface area (Å²) >= 11 is 0. The minimum atomic E-state index is -0.497. The summed E-state index contributed by atoms with van der Waals surface area (Å²) in [5.41, 5.74) is 5.18. The smallest absolute Gasteiger partial charge is 0.223 e. The van der Waals surface area contributed by atoms with Crippen molar-refractivity contribution >= 4 is 5.91 Å². The molecule has 1 saturated carbocycles. The normalized spacial score (nSPS) is 32.1. The van der Waals surface area contributed by atoms with Crippen molar-refractivity contribution in [3.63, 3.8) is 0 Å². The summed E-state index contributed by atoms with van der Waals surface area (Å²) < 4.78 is 0. The maximum absolute atomic E-state index is 10.9. The fourth-order valence-corrected chi connectivity index (χ4v) is 1.80. The van der Waals surface area contributed by atoms with Crippen molar-refractivity contribution < 1.29 is 9.90 Å². The van der Waals surface area contributed by atoms with Crippen LogP contribution in [0.4, 0.5) is 0 Å². The molecule has 2 atom stereocenters. The zero-order chi connectivity index (χ0) is 8.97. The number of primary amides is 1. The minimum absolute atomic E-state index is 0.301. The zero-order valence-electron chi connectivity index (χ0n) is 7.33. The van der Waals surface area contributed by atoms with Crippen molar-refractivity contribution in [3.05, 3.63) is 0 Å². The van der Waals surface area contributed by atoms with E-state index >= 15 is 0 Å². The Hall–Kier alpha value is -0.570. The maximum Gasteiger partial charge on any atom is 0.223 e. The number of hydrogen-bond acceptors (Lipinski definition) is 2. The highest BCUT2D eigenvalue weighted by molar-refractivity contribution is 5.77. The van der Waals surface area contributed by atoms with E-state index in [1.807, 2.05) is 0 Å².